The molecule has 0 spiro atoms. The number of rotatable bonds is 6. The lowest BCUT2D eigenvalue weighted by Gasteiger charge is -2.13. The molecular weight excluding hydrogens is 345 g/mol. The molecule has 0 heterocycles. The number of aryl methyl sites for hydroxylation is 2. The average molecular weight is 364 g/mol. The first-order valence-corrected chi connectivity index (χ1v) is 8.04. The van der Waals surface area contributed by atoms with Crippen molar-refractivity contribution in [3.63, 3.8) is 0 Å². The summed E-state index contributed by atoms with van der Waals surface area (Å²) in [4.78, 5) is 23.1. The quantitative estimate of drug-likeness (QED) is 0.820. The third kappa shape index (κ3) is 5.91. The van der Waals surface area contributed by atoms with Gasteiger partial charge in [0.15, 0.2) is 0 Å². The van der Waals surface area contributed by atoms with Gasteiger partial charge in [0.2, 0.25) is 5.91 Å². The number of benzene rings is 2. The smallest absolute Gasteiger partial charge is 0.344 e. The van der Waals surface area contributed by atoms with Gasteiger partial charge in [-0.05, 0) is 30.5 Å². The van der Waals surface area contributed by atoms with Crippen LogP contribution in [-0.4, -0.2) is 18.0 Å². The van der Waals surface area contributed by atoms with Gasteiger partial charge in [-0.3, -0.25) is 9.59 Å². The second-order valence-corrected chi connectivity index (χ2v) is 5.87. The second-order valence-electron chi connectivity index (χ2n) is 5.87. The van der Waals surface area contributed by atoms with E-state index in [-0.39, 0.29) is 18.9 Å². The summed E-state index contributed by atoms with van der Waals surface area (Å²) in [5.74, 6) is -2.27. The molecule has 0 atom stereocenters. The van der Waals surface area contributed by atoms with Gasteiger partial charge in [0.25, 0.3) is 0 Å². The molecule has 0 saturated heterocycles. The van der Waals surface area contributed by atoms with Gasteiger partial charge in [-0.1, -0.05) is 48.0 Å². The van der Waals surface area contributed by atoms with Crippen molar-refractivity contribution < 1.29 is 22.8 Å². The lowest BCUT2D eigenvalue weighted by Crippen LogP contribution is -2.36. The van der Waals surface area contributed by atoms with Crippen LogP contribution in [0.25, 0.3) is 0 Å². The van der Waals surface area contributed by atoms with Crippen molar-refractivity contribution in [2.75, 3.05) is 5.32 Å². The van der Waals surface area contributed by atoms with Gasteiger partial charge in [-0.2, -0.15) is 13.2 Å². The van der Waals surface area contributed by atoms with E-state index in [2.05, 4.69) is 5.32 Å². The second kappa shape index (κ2) is 8.51. The number of para-hydroxylation sites is 1. The van der Waals surface area contributed by atoms with Crippen LogP contribution in [0.15, 0.2) is 48.5 Å². The Morgan fingerprint density at radius 3 is 2.31 bits per heavy atom. The summed E-state index contributed by atoms with van der Waals surface area (Å²) in [5.41, 5.74) is 2.93. The van der Waals surface area contributed by atoms with Crippen LogP contribution >= 0.6 is 0 Å². The van der Waals surface area contributed by atoms with Gasteiger partial charge in [-0.15, -0.1) is 0 Å². The fourth-order valence-corrected chi connectivity index (χ4v) is 2.30. The third-order valence-electron chi connectivity index (χ3n) is 3.75. The van der Waals surface area contributed by atoms with Gasteiger partial charge in [0, 0.05) is 18.7 Å². The number of carbonyl (C=O) groups is 2. The lowest BCUT2D eigenvalue weighted by atomic mass is 10.1. The van der Waals surface area contributed by atoms with Crippen molar-refractivity contribution in [2.24, 2.45) is 0 Å². The molecule has 0 aliphatic carbocycles. The van der Waals surface area contributed by atoms with E-state index < -0.39 is 12.1 Å². The highest BCUT2D eigenvalue weighted by atomic mass is 19.4. The van der Waals surface area contributed by atoms with Crippen molar-refractivity contribution in [3.8, 4) is 0 Å². The van der Waals surface area contributed by atoms with Crippen LogP contribution in [-0.2, 0) is 22.6 Å². The first kappa shape index (κ1) is 19.5. The van der Waals surface area contributed by atoms with E-state index in [0.29, 0.717) is 17.7 Å². The molecule has 2 amide bonds. The molecule has 2 aromatic rings. The molecule has 0 bridgehead atoms. The number of hydrogen-bond acceptors (Lipinski definition) is 2. The summed E-state index contributed by atoms with van der Waals surface area (Å²) >= 11 is 0. The van der Waals surface area contributed by atoms with E-state index in [1.165, 1.54) is 0 Å². The molecule has 0 saturated carbocycles. The Labute approximate surface area is 149 Å². The maximum Gasteiger partial charge on any atom is 0.471 e. The number of halogens is 3. The van der Waals surface area contributed by atoms with Crippen LogP contribution in [0, 0.1) is 6.92 Å². The highest BCUT2D eigenvalue weighted by Crippen LogP contribution is 2.18. The summed E-state index contributed by atoms with van der Waals surface area (Å²) in [5, 5.41) is 4.48. The number of nitrogens with one attached hydrogen (secondary N) is 2. The van der Waals surface area contributed by atoms with Crippen LogP contribution < -0.4 is 10.6 Å². The zero-order chi connectivity index (χ0) is 19.2. The van der Waals surface area contributed by atoms with Gasteiger partial charge in [0.1, 0.15) is 0 Å². The van der Waals surface area contributed by atoms with Crippen molar-refractivity contribution in [1.82, 2.24) is 5.32 Å². The molecule has 2 aromatic carbocycles. The largest absolute Gasteiger partial charge is 0.471 e. The Kier molecular flexibility index (Phi) is 6.38. The molecule has 0 radical (unpaired) electrons. The summed E-state index contributed by atoms with van der Waals surface area (Å²) in [6, 6.07) is 14.2. The Morgan fingerprint density at radius 1 is 1.00 bits per heavy atom. The molecule has 2 rings (SSSR count). The van der Waals surface area contributed by atoms with Gasteiger partial charge in [-0.25, -0.2) is 0 Å². The maximum absolute atomic E-state index is 12.3. The van der Waals surface area contributed by atoms with Crippen molar-refractivity contribution in [3.05, 3.63) is 65.2 Å². The molecule has 26 heavy (non-hydrogen) atoms. The number of amides is 2. The Bertz CT molecular complexity index is 771. The van der Waals surface area contributed by atoms with Crippen LogP contribution in [0.3, 0.4) is 0 Å². The van der Waals surface area contributed by atoms with Gasteiger partial charge < -0.3 is 10.6 Å². The molecule has 0 aliphatic heterocycles. The van der Waals surface area contributed by atoms with E-state index in [9.17, 15) is 22.8 Å². The first-order chi connectivity index (χ1) is 12.3. The van der Waals surface area contributed by atoms with Crippen LogP contribution in [0.2, 0.25) is 0 Å². The normalized spacial score (nSPS) is 11.1. The van der Waals surface area contributed by atoms with Crippen LogP contribution in [0.5, 0.6) is 0 Å². The van der Waals surface area contributed by atoms with Crippen molar-refractivity contribution in [1.29, 1.82) is 0 Å². The number of hydrogen-bond donors (Lipinski definition) is 2. The molecule has 2 N–H and O–H groups in total. The summed E-state index contributed by atoms with van der Waals surface area (Å²) in [6.07, 6.45) is -4.14. The van der Waals surface area contributed by atoms with Gasteiger partial charge >= 0.3 is 12.1 Å². The van der Waals surface area contributed by atoms with E-state index in [0.717, 1.165) is 11.1 Å². The SMILES string of the molecule is Cc1ccc(CCC(=O)Nc2ccccc2CNC(=O)C(F)(F)F)cc1. The Hall–Kier alpha value is -2.83. The molecular formula is C19H19F3N2O2. The molecule has 0 unspecified atom stereocenters. The monoisotopic (exact) mass is 364 g/mol. The average Bonchev–Trinajstić information content (AvgIpc) is 2.59. The highest BCUT2D eigenvalue weighted by Gasteiger charge is 2.38. The van der Waals surface area contributed by atoms with E-state index in [1.807, 2.05) is 31.2 Å². The number of alkyl halides is 3. The fraction of sp³-hybridized carbons (Fsp3) is 0.263. The molecule has 0 fully saturated rings. The zero-order valence-electron chi connectivity index (χ0n) is 14.2. The Morgan fingerprint density at radius 2 is 1.65 bits per heavy atom. The predicted molar refractivity (Wildman–Crippen MR) is 92.5 cm³/mol. The Balaban J connectivity index is 1.93. The van der Waals surface area contributed by atoms with E-state index in [1.54, 1.807) is 29.6 Å². The molecule has 138 valence electrons. The first-order valence-electron chi connectivity index (χ1n) is 8.04. The minimum atomic E-state index is -4.94. The van der Waals surface area contributed by atoms with Gasteiger partial charge in [0.05, 0.1) is 0 Å². The fourth-order valence-electron chi connectivity index (χ4n) is 2.30. The number of anilines is 1. The van der Waals surface area contributed by atoms with Crippen LogP contribution in [0.1, 0.15) is 23.1 Å². The van der Waals surface area contributed by atoms with E-state index >= 15 is 0 Å². The van der Waals surface area contributed by atoms with E-state index in [4.69, 9.17) is 0 Å². The molecule has 7 heteroatoms. The van der Waals surface area contributed by atoms with Crippen LogP contribution in [0.4, 0.5) is 18.9 Å². The summed E-state index contributed by atoms with van der Waals surface area (Å²) < 4.78 is 36.8. The predicted octanol–water partition coefficient (Wildman–Crippen LogP) is 3.74. The molecule has 4 nitrogen and oxygen atoms in total. The third-order valence-corrected chi connectivity index (χ3v) is 3.75. The standard InChI is InChI=1S/C19H19F3N2O2/c1-13-6-8-14(9-7-13)10-11-17(25)24-16-5-3-2-4-15(16)12-23-18(26)19(20,21)22/h2-9H,10-12H2,1H3,(H,23,26)(H,24,25). The topological polar surface area (TPSA) is 58.2 Å². The highest BCUT2D eigenvalue weighted by molar-refractivity contribution is 5.91. The van der Waals surface area contributed by atoms with Crippen molar-refractivity contribution in [2.45, 2.75) is 32.5 Å². The molecule has 0 aliphatic rings. The number of carbonyl (C=O) groups excluding carboxylic acids is 2. The zero-order valence-corrected chi connectivity index (χ0v) is 14.2. The van der Waals surface area contributed by atoms with Crippen molar-refractivity contribution >= 4 is 17.5 Å². The minimum absolute atomic E-state index is 0.242. The summed E-state index contributed by atoms with van der Waals surface area (Å²) in [6.45, 7) is 1.65. The maximum atomic E-state index is 12.3. The molecule has 0 aromatic heterocycles. The lowest BCUT2D eigenvalue weighted by molar-refractivity contribution is -0.173. The minimum Gasteiger partial charge on any atom is -0.344 e. The summed E-state index contributed by atoms with van der Waals surface area (Å²) in [7, 11) is 0.